The first kappa shape index (κ1) is 18.7. The molecule has 0 fully saturated rings. The van der Waals surface area contributed by atoms with Gasteiger partial charge in [-0.2, -0.15) is 0 Å². The zero-order valence-corrected chi connectivity index (χ0v) is 15.2. The lowest BCUT2D eigenvalue weighted by molar-refractivity contribution is 0.571. The minimum absolute atomic E-state index is 0.00591. The molecule has 5 N–H and O–H groups in total. The number of fused-ring (bicyclic) bond motifs is 1. The maximum Gasteiger partial charge on any atom is 0.191 e. The molecule has 27 heavy (non-hydrogen) atoms. The number of halogens is 2. The van der Waals surface area contributed by atoms with Gasteiger partial charge in [0.25, 0.3) is 0 Å². The van der Waals surface area contributed by atoms with E-state index in [4.69, 9.17) is 11.5 Å². The van der Waals surface area contributed by atoms with E-state index in [2.05, 4.69) is 5.32 Å². The van der Waals surface area contributed by atoms with Crippen LogP contribution in [0.3, 0.4) is 0 Å². The van der Waals surface area contributed by atoms with Crippen LogP contribution in [0.25, 0.3) is 10.9 Å². The Morgan fingerprint density at radius 1 is 1.07 bits per heavy atom. The molecule has 2 aromatic carbocycles. The van der Waals surface area contributed by atoms with E-state index in [0.717, 1.165) is 5.56 Å². The van der Waals surface area contributed by atoms with Gasteiger partial charge in [0, 0.05) is 30.5 Å². The van der Waals surface area contributed by atoms with E-state index in [1.165, 1.54) is 12.3 Å². The Hall–Kier alpha value is -3.09. The van der Waals surface area contributed by atoms with Crippen LogP contribution in [0.2, 0.25) is 0 Å². The SMILES string of the molecule is CC(C)n1ccc(=O)c2c(N)c(F)c(NCCc3ccc(N)cc3)c(F)c21. The molecule has 7 heteroatoms. The van der Waals surface area contributed by atoms with Crippen molar-refractivity contribution in [1.29, 1.82) is 0 Å². The summed E-state index contributed by atoms with van der Waals surface area (Å²) in [6.07, 6.45) is 2.04. The second-order valence-electron chi connectivity index (χ2n) is 6.74. The van der Waals surface area contributed by atoms with Crippen LogP contribution in [0.4, 0.5) is 25.8 Å². The number of pyridine rings is 1. The molecule has 1 heterocycles. The van der Waals surface area contributed by atoms with Gasteiger partial charge >= 0.3 is 0 Å². The molecule has 1 aromatic heterocycles. The van der Waals surface area contributed by atoms with Gasteiger partial charge in [-0.15, -0.1) is 0 Å². The fourth-order valence-electron chi connectivity index (χ4n) is 3.10. The van der Waals surface area contributed by atoms with Gasteiger partial charge in [0.1, 0.15) is 5.69 Å². The first-order chi connectivity index (χ1) is 12.8. The molecule has 0 aliphatic rings. The molecule has 0 spiro atoms. The summed E-state index contributed by atoms with van der Waals surface area (Å²) in [6.45, 7) is 3.98. The minimum atomic E-state index is -0.948. The Kier molecular flexibility index (Phi) is 5.03. The molecule has 0 unspecified atom stereocenters. The largest absolute Gasteiger partial charge is 0.399 e. The van der Waals surface area contributed by atoms with E-state index in [-0.39, 0.29) is 28.3 Å². The molecule has 0 amide bonds. The molecule has 0 saturated carbocycles. The van der Waals surface area contributed by atoms with E-state index < -0.39 is 17.1 Å². The monoisotopic (exact) mass is 372 g/mol. The lowest BCUT2D eigenvalue weighted by atomic mass is 10.1. The van der Waals surface area contributed by atoms with E-state index >= 15 is 4.39 Å². The number of nitrogens with two attached hydrogens (primary N) is 2. The summed E-state index contributed by atoms with van der Waals surface area (Å²) in [5, 5.41) is 2.65. The molecule has 3 aromatic rings. The predicted octanol–water partition coefficient (Wildman–Crippen LogP) is 3.68. The van der Waals surface area contributed by atoms with Crippen molar-refractivity contribution in [2.24, 2.45) is 0 Å². The molecule has 0 bridgehead atoms. The van der Waals surface area contributed by atoms with Crippen molar-refractivity contribution in [2.45, 2.75) is 26.3 Å². The number of hydrogen-bond acceptors (Lipinski definition) is 4. The fourth-order valence-corrected chi connectivity index (χ4v) is 3.10. The number of anilines is 3. The Morgan fingerprint density at radius 2 is 1.74 bits per heavy atom. The Labute approximate surface area is 155 Å². The van der Waals surface area contributed by atoms with Crippen molar-refractivity contribution in [3.63, 3.8) is 0 Å². The normalized spacial score (nSPS) is 11.3. The molecule has 0 saturated heterocycles. The summed E-state index contributed by atoms with van der Waals surface area (Å²) in [6, 6.07) is 8.39. The predicted molar refractivity (Wildman–Crippen MR) is 106 cm³/mol. The highest BCUT2D eigenvalue weighted by Crippen LogP contribution is 2.33. The van der Waals surface area contributed by atoms with E-state index in [0.29, 0.717) is 18.7 Å². The molecular formula is C20H22F2N4O. The molecular weight excluding hydrogens is 350 g/mol. The number of aromatic nitrogens is 1. The van der Waals surface area contributed by atoms with Gasteiger partial charge in [0.2, 0.25) is 0 Å². The summed E-state index contributed by atoms with van der Waals surface area (Å²) >= 11 is 0. The second kappa shape index (κ2) is 7.26. The smallest absolute Gasteiger partial charge is 0.191 e. The highest BCUT2D eigenvalue weighted by atomic mass is 19.1. The quantitative estimate of drug-likeness (QED) is 0.597. The highest BCUT2D eigenvalue weighted by molar-refractivity contribution is 5.94. The Bertz CT molecular complexity index is 1040. The number of nitrogens with one attached hydrogen (secondary N) is 1. The van der Waals surface area contributed by atoms with Crippen molar-refractivity contribution in [1.82, 2.24) is 4.57 Å². The van der Waals surface area contributed by atoms with Crippen molar-refractivity contribution >= 4 is 28.0 Å². The third kappa shape index (κ3) is 3.45. The van der Waals surface area contributed by atoms with Gasteiger partial charge in [0.15, 0.2) is 17.1 Å². The van der Waals surface area contributed by atoms with Crippen LogP contribution in [0.1, 0.15) is 25.5 Å². The maximum absolute atomic E-state index is 15.2. The van der Waals surface area contributed by atoms with E-state index in [9.17, 15) is 9.18 Å². The molecule has 0 aliphatic heterocycles. The molecule has 142 valence electrons. The first-order valence-corrected chi connectivity index (χ1v) is 8.70. The third-order valence-corrected chi connectivity index (χ3v) is 4.53. The van der Waals surface area contributed by atoms with Gasteiger partial charge in [-0.05, 0) is 38.0 Å². The van der Waals surface area contributed by atoms with Gasteiger partial charge in [-0.3, -0.25) is 4.79 Å². The van der Waals surface area contributed by atoms with Gasteiger partial charge in [-0.25, -0.2) is 8.78 Å². The van der Waals surface area contributed by atoms with Crippen LogP contribution in [0, 0.1) is 11.6 Å². The molecule has 0 aliphatic carbocycles. The van der Waals surface area contributed by atoms with E-state index in [1.807, 2.05) is 26.0 Å². The molecule has 3 rings (SSSR count). The van der Waals surface area contributed by atoms with Crippen LogP contribution in [-0.4, -0.2) is 11.1 Å². The summed E-state index contributed by atoms with van der Waals surface area (Å²) < 4.78 is 31.4. The van der Waals surface area contributed by atoms with Crippen molar-refractivity contribution in [3.05, 3.63) is 63.9 Å². The summed E-state index contributed by atoms with van der Waals surface area (Å²) in [5.74, 6) is -1.77. The van der Waals surface area contributed by atoms with Crippen molar-refractivity contribution in [2.75, 3.05) is 23.3 Å². The third-order valence-electron chi connectivity index (χ3n) is 4.53. The maximum atomic E-state index is 15.2. The number of rotatable bonds is 5. The minimum Gasteiger partial charge on any atom is -0.399 e. The number of benzene rings is 2. The molecule has 0 atom stereocenters. The average molecular weight is 372 g/mol. The lowest BCUT2D eigenvalue weighted by Gasteiger charge is -2.19. The van der Waals surface area contributed by atoms with Gasteiger partial charge in [-0.1, -0.05) is 12.1 Å². The molecule has 0 radical (unpaired) electrons. The topological polar surface area (TPSA) is 86.1 Å². The van der Waals surface area contributed by atoms with Crippen LogP contribution in [-0.2, 0) is 6.42 Å². The zero-order valence-electron chi connectivity index (χ0n) is 15.2. The average Bonchev–Trinajstić information content (AvgIpc) is 2.63. The van der Waals surface area contributed by atoms with E-state index in [1.54, 1.807) is 16.7 Å². The zero-order chi connectivity index (χ0) is 19.7. The fraction of sp³-hybridized carbons (Fsp3) is 0.250. The van der Waals surface area contributed by atoms with Crippen LogP contribution >= 0.6 is 0 Å². The van der Waals surface area contributed by atoms with Crippen LogP contribution in [0.5, 0.6) is 0 Å². The highest BCUT2D eigenvalue weighted by Gasteiger charge is 2.22. The molecule has 5 nitrogen and oxygen atoms in total. The van der Waals surface area contributed by atoms with Crippen molar-refractivity contribution in [3.8, 4) is 0 Å². The number of hydrogen-bond donors (Lipinski definition) is 3. The van der Waals surface area contributed by atoms with Crippen LogP contribution < -0.4 is 22.2 Å². The number of nitrogen functional groups attached to an aromatic ring is 2. The summed E-state index contributed by atoms with van der Waals surface area (Å²) in [4.78, 5) is 12.2. The van der Waals surface area contributed by atoms with Gasteiger partial charge in [0.05, 0.1) is 16.6 Å². The number of nitrogens with zero attached hydrogens (tertiary/aromatic N) is 1. The van der Waals surface area contributed by atoms with Crippen LogP contribution in [0.15, 0.2) is 41.3 Å². The second-order valence-corrected chi connectivity index (χ2v) is 6.74. The summed E-state index contributed by atoms with van der Waals surface area (Å²) in [7, 11) is 0. The lowest BCUT2D eigenvalue weighted by Crippen LogP contribution is -2.17. The summed E-state index contributed by atoms with van der Waals surface area (Å²) in [5.41, 5.74) is 12.0. The first-order valence-electron chi connectivity index (χ1n) is 8.70. The Balaban J connectivity index is 2.01. The standard InChI is InChI=1S/C20H22F2N4O/c1-11(2)26-10-8-14(27)15-18(24)16(21)19(17(22)20(15)26)25-9-7-12-3-5-13(23)6-4-12/h3-6,8,10-11,25H,7,9,23-24H2,1-2H3. The van der Waals surface area contributed by atoms with Gasteiger partial charge < -0.3 is 21.4 Å². The van der Waals surface area contributed by atoms with Crippen molar-refractivity contribution < 1.29 is 8.78 Å². The Morgan fingerprint density at radius 3 is 2.37 bits per heavy atom.